The van der Waals surface area contributed by atoms with E-state index in [0.717, 1.165) is 26.9 Å². The summed E-state index contributed by atoms with van der Waals surface area (Å²) in [6.07, 6.45) is 2.65. The van der Waals surface area contributed by atoms with Crippen molar-refractivity contribution in [2.75, 3.05) is 6.54 Å². The van der Waals surface area contributed by atoms with Gasteiger partial charge in [0, 0.05) is 22.2 Å². The van der Waals surface area contributed by atoms with Gasteiger partial charge >= 0.3 is 0 Å². The van der Waals surface area contributed by atoms with Crippen molar-refractivity contribution >= 4 is 75.1 Å². The molecule has 146 valence electrons. The molecule has 1 N–H and O–H groups in total. The minimum Gasteiger partial charge on any atom is -0.488 e. The zero-order chi connectivity index (χ0) is 20.3. The maximum Gasteiger partial charge on any atom is 0.276 e. The van der Waals surface area contributed by atoms with Crippen molar-refractivity contribution in [1.82, 2.24) is 10.2 Å². The molecule has 1 heterocycles. The molecule has 0 atom stereocenters. The molecule has 0 spiro atoms. The van der Waals surface area contributed by atoms with Crippen LogP contribution in [0, 0.1) is 3.57 Å². The number of hydrogen-bond acceptors (Lipinski definition) is 3. The summed E-state index contributed by atoms with van der Waals surface area (Å²) in [6.45, 7) is 2.96. The lowest BCUT2D eigenvalue weighted by atomic mass is 10.2. The molecule has 1 fully saturated rings. The molecule has 8 heteroatoms. The molecule has 0 aliphatic carbocycles. The third-order valence-electron chi connectivity index (χ3n) is 4.07. The van der Waals surface area contributed by atoms with E-state index in [-0.39, 0.29) is 5.91 Å². The van der Waals surface area contributed by atoms with Crippen LogP contribution in [-0.2, 0) is 11.4 Å². The highest BCUT2D eigenvalue weighted by atomic mass is 127. The van der Waals surface area contributed by atoms with Gasteiger partial charge in [0.2, 0.25) is 0 Å². The summed E-state index contributed by atoms with van der Waals surface area (Å²) in [6, 6.07) is 11.0. The van der Waals surface area contributed by atoms with Crippen LogP contribution < -0.4 is 10.1 Å². The molecule has 1 saturated heterocycles. The second kappa shape index (κ2) is 9.43. The van der Waals surface area contributed by atoms with Crippen molar-refractivity contribution in [2.45, 2.75) is 20.0 Å². The zero-order valence-electron chi connectivity index (χ0n) is 15.0. The minimum atomic E-state index is -0.0976. The number of nitrogens with zero attached hydrogens (tertiary/aromatic N) is 1. The lowest BCUT2D eigenvalue weighted by Crippen LogP contribution is -2.31. The SMILES string of the molecule is CCCN1C(=O)/C(=C/c2ccc(OCc3ccc(Cl)cc3Cl)c(I)c2)NC1=S. The number of carbonyl (C=O) groups excluding carboxylic acids is 1. The Kier molecular flexibility index (Phi) is 7.20. The largest absolute Gasteiger partial charge is 0.488 e. The van der Waals surface area contributed by atoms with Crippen LogP contribution in [0.5, 0.6) is 5.75 Å². The molecule has 1 amide bonds. The van der Waals surface area contributed by atoms with Crippen molar-refractivity contribution in [3.63, 3.8) is 0 Å². The molecule has 0 radical (unpaired) electrons. The average Bonchev–Trinajstić information content (AvgIpc) is 2.90. The Morgan fingerprint density at radius 2 is 2.04 bits per heavy atom. The highest BCUT2D eigenvalue weighted by Crippen LogP contribution is 2.27. The fourth-order valence-corrected chi connectivity index (χ4v) is 4.13. The van der Waals surface area contributed by atoms with Crippen molar-refractivity contribution in [3.8, 4) is 5.75 Å². The molecule has 0 bridgehead atoms. The van der Waals surface area contributed by atoms with Gasteiger partial charge < -0.3 is 10.1 Å². The number of halogens is 3. The van der Waals surface area contributed by atoms with Crippen molar-refractivity contribution in [3.05, 3.63) is 66.8 Å². The van der Waals surface area contributed by atoms with E-state index in [9.17, 15) is 4.79 Å². The number of rotatable bonds is 6. The van der Waals surface area contributed by atoms with E-state index in [4.69, 9.17) is 40.2 Å². The summed E-state index contributed by atoms with van der Waals surface area (Å²) in [7, 11) is 0. The molecule has 4 nitrogen and oxygen atoms in total. The van der Waals surface area contributed by atoms with Gasteiger partial charge in [0.05, 0.1) is 3.57 Å². The second-order valence-electron chi connectivity index (χ2n) is 6.16. The summed E-state index contributed by atoms with van der Waals surface area (Å²) < 4.78 is 6.81. The molecule has 0 saturated carbocycles. The monoisotopic (exact) mass is 546 g/mol. The van der Waals surface area contributed by atoms with Crippen LogP contribution in [0.3, 0.4) is 0 Å². The topological polar surface area (TPSA) is 41.6 Å². The van der Waals surface area contributed by atoms with E-state index in [1.54, 1.807) is 23.1 Å². The maximum atomic E-state index is 12.4. The zero-order valence-corrected chi connectivity index (χ0v) is 19.5. The first kappa shape index (κ1) is 21.4. The fourth-order valence-electron chi connectivity index (χ4n) is 2.68. The molecular formula is C20H17Cl2IN2O2S. The van der Waals surface area contributed by atoms with Gasteiger partial charge in [-0.25, -0.2) is 0 Å². The van der Waals surface area contributed by atoms with Crippen molar-refractivity contribution in [2.24, 2.45) is 0 Å². The number of carbonyl (C=O) groups is 1. The minimum absolute atomic E-state index is 0.0976. The standard InChI is InChI=1S/C20H17Cl2IN2O2S/c1-2-7-25-19(26)17(24-20(25)28)9-12-3-6-18(16(23)8-12)27-11-13-4-5-14(21)10-15(13)22/h3-6,8-10H,2,7,11H2,1H3,(H,24,28)/b17-9-. The van der Waals surface area contributed by atoms with Gasteiger partial charge in [-0.1, -0.05) is 42.3 Å². The Bertz CT molecular complexity index is 965. The molecule has 1 aliphatic rings. The highest BCUT2D eigenvalue weighted by molar-refractivity contribution is 14.1. The van der Waals surface area contributed by atoms with Crippen molar-refractivity contribution in [1.29, 1.82) is 0 Å². The first-order valence-corrected chi connectivity index (χ1v) is 10.8. The van der Waals surface area contributed by atoms with Gasteiger partial charge in [-0.2, -0.15) is 0 Å². The summed E-state index contributed by atoms with van der Waals surface area (Å²) in [5.41, 5.74) is 2.23. The van der Waals surface area contributed by atoms with Crippen LogP contribution in [0.1, 0.15) is 24.5 Å². The molecule has 0 unspecified atom stereocenters. The van der Waals surface area contributed by atoms with Crippen molar-refractivity contribution < 1.29 is 9.53 Å². The first-order chi connectivity index (χ1) is 13.4. The first-order valence-electron chi connectivity index (χ1n) is 8.60. The van der Waals surface area contributed by atoms with Crippen LogP contribution in [0.25, 0.3) is 6.08 Å². The van der Waals surface area contributed by atoms with E-state index >= 15 is 0 Å². The normalized spacial score (nSPS) is 15.3. The summed E-state index contributed by atoms with van der Waals surface area (Å²) in [4.78, 5) is 14.0. The fraction of sp³-hybridized carbons (Fsp3) is 0.200. The molecule has 1 aliphatic heterocycles. The molecule has 2 aromatic rings. The molecule has 3 rings (SSSR count). The summed E-state index contributed by atoms with van der Waals surface area (Å²) >= 11 is 19.5. The predicted molar refractivity (Wildman–Crippen MR) is 126 cm³/mol. The Hall–Kier alpha value is -1.35. The number of benzene rings is 2. The number of ether oxygens (including phenoxy) is 1. The Balaban J connectivity index is 1.72. The average molecular weight is 547 g/mol. The molecular weight excluding hydrogens is 530 g/mol. The number of hydrogen-bond donors (Lipinski definition) is 1. The lowest BCUT2D eigenvalue weighted by Gasteiger charge is -2.11. The number of thiocarbonyl (C=S) groups is 1. The van der Waals surface area contributed by atoms with Crippen LogP contribution in [-0.4, -0.2) is 22.5 Å². The maximum absolute atomic E-state index is 12.4. The Morgan fingerprint density at radius 1 is 1.25 bits per heavy atom. The van der Waals surface area contributed by atoms with Crippen LogP contribution >= 0.6 is 58.0 Å². The van der Waals surface area contributed by atoms with E-state index in [1.165, 1.54) is 0 Å². The van der Waals surface area contributed by atoms with E-state index in [2.05, 4.69) is 27.9 Å². The third kappa shape index (κ3) is 4.97. The molecule has 28 heavy (non-hydrogen) atoms. The quantitative estimate of drug-likeness (QED) is 0.289. The smallest absolute Gasteiger partial charge is 0.276 e. The van der Waals surface area contributed by atoms with Gasteiger partial charge in [0.15, 0.2) is 5.11 Å². The second-order valence-corrected chi connectivity index (χ2v) is 8.55. The van der Waals surface area contributed by atoms with Gasteiger partial charge in [-0.05, 0) is 77.1 Å². The number of nitrogens with one attached hydrogen (secondary N) is 1. The predicted octanol–water partition coefficient (Wildman–Crippen LogP) is 5.64. The van der Waals surface area contributed by atoms with E-state index < -0.39 is 0 Å². The van der Waals surface area contributed by atoms with Gasteiger partial charge in [-0.3, -0.25) is 9.69 Å². The highest BCUT2D eigenvalue weighted by Gasteiger charge is 2.29. The molecule has 2 aromatic carbocycles. The Morgan fingerprint density at radius 3 is 2.71 bits per heavy atom. The van der Waals surface area contributed by atoms with Crippen LogP contribution in [0.15, 0.2) is 42.1 Å². The third-order valence-corrected chi connectivity index (χ3v) is 5.83. The number of amides is 1. The van der Waals surface area contributed by atoms with E-state index in [0.29, 0.717) is 34.0 Å². The summed E-state index contributed by atoms with van der Waals surface area (Å²) in [5, 5.41) is 4.60. The van der Waals surface area contributed by atoms with Crippen LogP contribution in [0.4, 0.5) is 0 Å². The van der Waals surface area contributed by atoms with Gasteiger partial charge in [0.25, 0.3) is 5.91 Å². The van der Waals surface area contributed by atoms with Crippen LogP contribution in [0.2, 0.25) is 10.0 Å². The molecule has 0 aromatic heterocycles. The van der Waals surface area contributed by atoms with Gasteiger partial charge in [0.1, 0.15) is 18.1 Å². The summed E-state index contributed by atoms with van der Waals surface area (Å²) in [5.74, 6) is 0.641. The van der Waals surface area contributed by atoms with E-state index in [1.807, 2.05) is 31.2 Å². The Labute approximate surface area is 193 Å². The van der Waals surface area contributed by atoms with Gasteiger partial charge in [-0.15, -0.1) is 0 Å². The lowest BCUT2D eigenvalue weighted by molar-refractivity contribution is -0.122.